The summed E-state index contributed by atoms with van der Waals surface area (Å²) in [6.45, 7) is 7.47. The fraction of sp³-hybridized carbons (Fsp3) is 0.400. The minimum atomic E-state index is -3.68. The molecule has 0 amide bonds. The Balaban J connectivity index is 2.19. The summed E-state index contributed by atoms with van der Waals surface area (Å²) in [6, 6.07) is 6.94. The van der Waals surface area contributed by atoms with Gasteiger partial charge in [0.1, 0.15) is 16.3 Å². The second-order valence-electron chi connectivity index (χ2n) is 5.00. The molecule has 0 fully saturated rings. The van der Waals surface area contributed by atoms with Crippen molar-refractivity contribution in [3.05, 3.63) is 41.3 Å². The molecule has 0 spiro atoms. The van der Waals surface area contributed by atoms with E-state index in [1.807, 2.05) is 31.2 Å². The average Bonchev–Trinajstić information content (AvgIpc) is 2.79. The van der Waals surface area contributed by atoms with Gasteiger partial charge < -0.3 is 9.26 Å². The van der Waals surface area contributed by atoms with Crippen LogP contribution in [0, 0.1) is 13.8 Å². The summed E-state index contributed by atoms with van der Waals surface area (Å²) in [5.41, 5.74) is 1.20. The lowest BCUT2D eigenvalue weighted by atomic mass is 10.1. The molecule has 0 aliphatic rings. The summed E-state index contributed by atoms with van der Waals surface area (Å²) in [6.07, 6.45) is 0. The van der Waals surface area contributed by atoms with Crippen LogP contribution in [0.15, 0.2) is 33.7 Å². The highest BCUT2D eigenvalue weighted by molar-refractivity contribution is 7.89. The van der Waals surface area contributed by atoms with Gasteiger partial charge in [-0.3, -0.25) is 0 Å². The van der Waals surface area contributed by atoms with Gasteiger partial charge in [-0.05, 0) is 45.4 Å². The Bertz CT molecular complexity index is 716. The Kier molecular flexibility index (Phi) is 4.87. The second kappa shape index (κ2) is 6.50. The second-order valence-corrected chi connectivity index (χ2v) is 6.65. The lowest BCUT2D eigenvalue weighted by Gasteiger charge is -2.15. The molecule has 2 aromatic rings. The highest BCUT2D eigenvalue weighted by atomic mass is 32.2. The third-order valence-electron chi connectivity index (χ3n) is 3.26. The molecule has 1 unspecified atom stereocenters. The molecule has 1 N–H and O–H groups in total. The van der Waals surface area contributed by atoms with Gasteiger partial charge in [0.25, 0.3) is 0 Å². The molecule has 0 bridgehead atoms. The smallest absolute Gasteiger partial charge is 0.246 e. The van der Waals surface area contributed by atoms with Crippen LogP contribution < -0.4 is 9.46 Å². The number of hydrogen-bond acceptors (Lipinski definition) is 5. The molecular formula is C15H20N2O4S. The van der Waals surface area contributed by atoms with E-state index in [-0.39, 0.29) is 16.7 Å². The maximum atomic E-state index is 12.5. The van der Waals surface area contributed by atoms with Gasteiger partial charge >= 0.3 is 0 Å². The minimum absolute atomic E-state index is 0.102. The van der Waals surface area contributed by atoms with Crippen molar-refractivity contribution in [2.45, 2.75) is 38.6 Å². The van der Waals surface area contributed by atoms with Gasteiger partial charge in [0, 0.05) is 6.04 Å². The van der Waals surface area contributed by atoms with Gasteiger partial charge in [-0.2, -0.15) is 0 Å². The van der Waals surface area contributed by atoms with E-state index >= 15 is 0 Å². The molecule has 1 aromatic carbocycles. The number of rotatable bonds is 6. The predicted octanol–water partition coefficient (Wildman–Crippen LogP) is 2.73. The number of benzene rings is 1. The molecule has 6 nitrogen and oxygen atoms in total. The van der Waals surface area contributed by atoms with E-state index < -0.39 is 10.0 Å². The van der Waals surface area contributed by atoms with Crippen LogP contribution in [0.2, 0.25) is 0 Å². The summed E-state index contributed by atoms with van der Waals surface area (Å²) in [7, 11) is -3.68. The van der Waals surface area contributed by atoms with Crippen molar-refractivity contribution < 1.29 is 17.7 Å². The van der Waals surface area contributed by atoms with Gasteiger partial charge in [0.15, 0.2) is 5.76 Å². The zero-order valence-corrected chi connectivity index (χ0v) is 13.9. The van der Waals surface area contributed by atoms with Crippen molar-refractivity contribution in [1.29, 1.82) is 0 Å². The number of ether oxygens (including phenoxy) is 1. The summed E-state index contributed by atoms with van der Waals surface area (Å²) >= 11 is 0. The average molecular weight is 324 g/mol. The molecule has 120 valence electrons. The Morgan fingerprint density at radius 1 is 1.27 bits per heavy atom. The van der Waals surface area contributed by atoms with Crippen LogP contribution in [-0.2, 0) is 10.0 Å². The van der Waals surface area contributed by atoms with Gasteiger partial charge in [0.2, 0.25) is 10.0 Å². The fourth-order valence-corrected chi connectivity index (χ4v) is 3.80. The SMILES string of the molecule is CCOc1ccc(C(C)NS(=O)(=O)c2c(C)noc2C)cc1. The summed E-state index contributed by atoms with van der Waals surface area (Å²) in [5.74, 6) is 1.04. The normalized spacial score (nSPS) is 13.1. The Hall–Kier alpha value is -1.86. The largest absolute Gasteiger partial charge is 0.494 e. The van der Waals surface area contributed by atoms with Crippen molar-refractivity contribution in [2.75, 3.05) is 6.61 Å². The van der Waals surface area contributed by atoms with Crippen LogP contribution in [0.3, 0.4) is 0 Å². The van der Waals surface area contributed by atoms with Crippen LogP contribution in [0.1, 0.15) is 36.9 Å². The monoisotopic (exact) mass is 324 g/mol. The van der Waals surface area contributed by atoms with Crippen molar-refractivity contribution in [1.82, 2.24) is 9.88 Å². The van der Waals surface area contributed by atoms with Crippen LogP contribution in [0.5, 0.6) is 5.75 Å². The number of aromatic nitrogens is 1. The first-order valence-corrected chi connectivity index (χ1v) is 8.51. The summed E-state index contributed by atoms with van der Waals surface area (Å²) < 4.78 is 37.8. The zero-order valence-electron chi connectivity index (χ0n) is 13.1. The standard InChI is InChI=1S/C15H20N2O4S/c1-5-20-14-8-6-13(7-9-14)10(2)17-22(18,19)15-11(3)16-21-12(15)4/h6-10,17H,5H2,1-4H3. The third-order valence-corrected chi connectivity index (χ3v) is 5.04. The van der Waals surface area contributed by atoms with Crippen molar-refractivity contribution >= 4 is 10.0 Å². The number of sulfonamides is 1. The van der Waals surface area contributed by atoms with Gasteiger partial charge in [0.05, 0.1) is 6.61 Å². The minimum Gasteiger partial charge on any atom is -0.494 e. The quantitative estimate of drug-likeness (QED) is 0.883. The number of hydrogen-bond donors (Lipinski definition) is 1. The van der Waals surface area contributed by atoms with E-state index in [1.54, 1.807) is 20.8 Å². The molecule has 0 saturated carbocycles. The predicted molar refractivity (Wildman–Crippen MR) is 82.3 cm³/mol. The number of nitrogens with zero attached hydrogens (tertiary/aromatic N) is 1. The van der Waals surface area contributed by atoms with E-state index in [0.29, 0.717) is 12.3 Å². The molecule has 22 heavy (non-hydrogen) atoms. The number of aryl methyl sites for hydroxylation is 2. The van der Waals surface area contributed by atoms with E-state index in [9.17, 15) is 8.42 Å². The van der Waals surface area contributed by atoms with E-state index in [0.717, 1.165) is 11.3 Å². The first-order valence-electron chi connectivity index (χ1n) is 7.03. The molecule has 0 radical (unpaired) electrons. The van der Waals surface area contributed by atoms with E-state index in [1.165, 1.54) is 0 Å². The topological polar surface area (TPSA) is 81.4 Å². The molecule has 0 aliphatic heterocycles. The third kappa shape index (κ3) is 3.48. The molecule has 1 heterocycles. The molecule has 1 atom stereocenters. The lowest BCUT2D eigenvalue weighted by Crippen LogP contribution is -2.27. The molecule has 2 rings (SSSR count). The highest BCUT2D eigenvalue weighted by Crippen LogP contribution is 2.23. The fourth-order valence-electron chi connectivity index (χ4n) is 2.24. The first-order chi connectivity index (χ1) is 10.3. The van der Waals surface area contributed by atoms with Crippen molar-refractivity contribution in [3.63, 3.8) is 0 Å². The molecule has 1 aromatic heterocycles. The van der Waals surface area contributed by atoms with E-state index in [2.05, 4.69) is 9.88 Å². The van der Waals surface area contributed by atoms with Crippen LogP contribution in [0.4, 0.5) is 0 Å². The van der Waals surface area contributed by atoms with Crippen LogP contribution in [0.25, 0.3) is 0 Å². The highest BCUT2D eigenvalue weighted by Gasteiger charge is 2.26. The Morgan fingerprint density at radius 2 is 1.91 bits per heavy atom. The van der Waals surface area contributed by atoms with Crippen molar-refractivity contribution in [2.24, 2.45) is 0 Å². The Labute approximate surface area is 130 Å². The molecular weight excluding hydrogens is 304 g/mol. The van der Waals surface area contributed by atoms with Gasteiger partial charge in [-0.25, -0.2) is 13.1 Å². The molecule has 0 saturated heterocycles. The van der Waals surface area contributed by atoms with Gasteiger partial charge in [-0.1, -0.05) is 17.3 Å². The maximum Gasteiger partial charge on any atom is 0.246 e. The molecule has 7 heteroatoms. The lowest BCUT2D eigenvalue weighted by molar-refractivity contribution is 0.340. The summed E-state index contributed by atoms with van der Waals surface area (Å²) in [5, 5.41) is 3.68. The van der Waals surface area contributed by atoms with Crippen molar-refractivity contribution in [3.8, 4) is 5.75 Å². The van der Waals surface area contributed by atoms with Gasteiger partial charge in [-0.15, -0.1) is 0 Å². The summed E-state index contributed by atoms with van der Waals surface area (Å²) in [4.78, 5) is 0.102. The number of nitrogens with one attached hydrogen (secondary N) is 1. The molecule has 0 aliphatic carbocycles. The van der Waals surface area contributed by atoms with Crippen LogP contribution in [-0.4, -0.2) is 20.2 Å². The zero-order chi connectivity index (χ0) is 16.3. The van der Waals surface area contributed by atoms with Crippen LogP contribution >= 0.6 is 0 Å². The first kappa shape index (κ1) is 16.5. The maximum absolute atomic E-state index is 12.5. The Morgan fingerprint density at radius 3 is 2.41 bits per heavy atom. The van der Waals surface area contributed by atoms with E-state index in [4.69, 9.17) is 9.26 Å².